The second-order valence-electron chi connectivity index (χ2n) is 6.87. The highest BCUT2D eigenvalue weighted by atomic mass is 35.5. The molecule has 0 bridgehead atoms. The molecule has 5 nitrogen and oxygen atoms in total. The normalized spacial score (nSPS) is 14.4. The summed E-state index contributed by atoms with van der Waals surface area (Å²) in [6, 6.07) is 4.66. The first-order valence-electron chi connectivity index (χ1n) is 7.74. The molecular formula is C18H17ClFN3O2. The van der Waals surface area contributed by atoms with Gasteiger partial charge in [0, 0.05) is 12.7 Å². The van der Waals surface area contributed by atoms with Crippen molar-refractivity contribution < 1.29 is 14.0 Å². The molecule has 0 unspecified atom stereocenters. The van der Waals surface area contributed by atoms with E-state index in [9.17, 15) is 14.0 Å². The molecule has 1 amide bonds. The summed E-state index contributed by atoms with van der Waals surface area (Å²) in [5.74, 6) is -1.15. The second kappa shape index (κ2) is 6.20. The zero-order valence-corrected chi connectivity index (χ0v) is 14.8. The third-order valence-corrected chi connectivity index (χ3v) is 4.46. The number of carbonyl (C=O) groups is 2. The standard InChI is InChI=1S/C18H17ClFN3O2/c1-18(2,3)11-6-10-8-22-23(17(25)15(10)14(20)7-11)16-12(9-24)13(19)4-5-21-16/h4-7,9,22H,8H2,1-3H3. The number of carbonyl (C=O) groups excluding carboxylic acids is 2. The summed E-state index contributed by atoms with van der Waals surface area (Å²) in [7, 11) is 0. The Morgan fingerprint density at radius 2 is 2.08 bits per heavy atom. The number of hydrazine groups is 1. The molecule has 1 aliphatic rings. The van der Waals surface area contributed by atoms with Crippen molar-refractivity contribution in [2.24, 2.45) is 0 Å². The van der Waals surface area contributed by atoms with Crippen LogP contribution in [0, 0.1) is 5.82 Å². The van der Waals surface area contributed by atoms with Crippen LogP contribution in [0.3, 0.4) is 0 Å². The van der Waals surface area contributed by atoms with Crippen molar-refractivity contribution in [2.75, 3.05) is 5.01 Å². The summed E-state index contributed by atoms with van der Waals surface area (Å²) in [4.78, 5) is 28.2. The lowest BCUT2D eigenvalue weighted by Gasteiger charge is -2.31. The van der Waals surface area contributed by atoms with E-state index in [-0.39, 0.29) is 33.9 Å². The van der Waals surface area contributed by atoms with Gasteiger partial charge in [-0.15, -0.1) is 0 Å². The van der Waals surface area contributed by atoms with Crippen LogP contribution in [-0.2, 0) is 12.0 Å². The maximum absolute atomic E-state index is 14.7. The Hall–Kier alpha value is -2.31. The predicted octanol–water partition coefficient (Wildman–Crippen LogP) is 3.65. The van der Waals surface area contributed by atoms with Crippen LogP contribution in [0.25, 0.3) is 0 Å². The maximum atomic E-state index is 14.7. The highest BCUT2D eigenvalue weighted by Crippen LogP contribution is 2.31. The molecule has 25 heavy (non-hydrogen) atoms. The van der Waals surface area contributed by atoms with E-state index in [2.05, 4.69) is 10.4 Å². The van der Waals surface area contributed by atoms with E-state index in [4.69, 9.17) is 11.6 Å². The Balaban J connectivity index is 2.09. The fourth-order valence-electron chi connectivity index (χ4n) is 2.72. The lowest BCUT2D eigenvalue weighted by atomic mass is 9.84. The summed E-state index contributed by atoms with van der Waals surface area (Å²) in [5.41, 5.74) is 4.07. The maximum Gasteiger partial charge on any atom is 0.277 e. The SMILES string of the molecule is CC(C)(C)c1cc(F)c2c(c1)CNN(c1nccc(Cl)c1C=O)C2=O. The molecule has 1 N–H and O–H groups in total. The molecule has 2 aromatic rings. The number of aromatic nitrogens is 1. The zero-order chi connectivity index (χ0) is 18.4. The quantitative estimate of drug-likeness (QED) is 0.829. The van der Waals surface area contributed by atoms with E-state index in [1.165, 1.54) is 18.3 Å². The number of fused-ring (bicyclic) bond motifs is 1. The van der Waals surface area contributed by atoms with Gasteiger partial charge in [-0.2, -0.15) is 0 Å². The third kappa shape index (κ3) is 3.03. The van der Waals surface area contributed by atoms with Crippen LogP contribution in [0.2, 0.25) is 5.02 Å². The van der Waals surface area contributed by atoms with Crippen molar-refractivity contribution in [1.82, 2.24) is 10.4 Å². The number of halogens is 2. The topological polar surface area (TPSA) is 62.3 Å². The average Bonchev–Trinajstić information content (AvgIpc) is 2.53. The number of benzene rings is 1. The van der Waals surface area contributed by atoms with Gasteiger partial charge in [-0.05, 0) is 28.7 Å². The lowest BCUT2D eigenvalue weighted by molar-refractivity contribution is 0.0958. The summed E-state index contributed by atoms with van der Waals surface area (Å²) >= 11 is 5.99. The van der Waals surface area contributed by atoms with Gasteiger partial charge >= 0.3 is 0 Å². The molecule has 0 fully saturated rings. The minimum Gasteiger partial charge on any atom is -0.298 e. The third-order valence-electron chi connectivity index (χ3n) is 4.13. The van der Waals surface area contributed by atoms with E-state index in [0.29, 0.717) is 11.8 Å². The largest absolute Gasteiger partial charge is 0.298 e. The minimum atomic E-state index is -0.614. The number of nitrogens with one attached hydrogen (secondary N) is 1. The van der Waals surface area contributed by atoms with Crippen LogP contribution < -0.4 is 10.4 Å². The van der Waals surface area contributed by atoms with Gasteiger partial charge < -0.3 is 0 Å². The first-order chi connectivity index (χ1) is 11.7. The molecule has 130 valence electrons. The van der Waals surface area contributed by atoms with Crippen LogP contribution in [-0.4, -0.2) is 17.2 Å². The van der Waals surface area contributed by atoms with Crippen LogP contribution >= 0.6 is 11.6 Å². The highest BCUT2D eigenvalue weighted by molar-refractivity contribution is 6.33. The van der Waals surface area contributed by atoms with E-state index in [0.717, 1.165) is 10.6 Å². The molecular weight excluding hydrogens is 345 g/mol. The summed E-state index contributed by atoms with van der Waals surface area (Å²) in [6.45, 7) is 6.16. The molecule has 0 saturated carbocycles. The van der Waals surface area contributed by atoms with Crippen molar-refractivity contribution in [3.05, 3.63) is 57.5 Å². The van der Waals surface area contributed by atoms with E-state index in [1.807, 2.05) is 26.8 Å². The fraction of sp³-hybridized carbons (Fsp3) is 0.278. The molecule has 0 radical (unpaired) electrons. The molecule has 1 aromatic carbocycles. The number of hydrogen-bond acceptors (Lipinski definition) is 4. The first-order valence-corrected chi connectivity index (χ1v) is 8.12. The lowest BCUT2D eigenvalue weighted by Crippen LogP contribution is -2.48. The first kappa shape index (κ1) is 17.5. The smallest absolute Gasteiger partial charge is 0.277 e. The van der Waals surface area contributed by atoms with Crippen LogP contribution in [0.1, 0.15) is 52.6 Å². The summed E-state index contributed by atoms with van der Waals surface area (Å²) in [6.07, 6.45) is 1.91. The van der Waals surface area contributed by atoms with Crippen LogP contribution in [0.5, 0.6) is 0 Å². The molecule has 0 spiro atoms. The minimum absolute atomic E-state index is 0.0228. The van der Waals surface area contributed by atoms with Gasteiger partial charge in [0.05, 0.1) is 16.1 Å². The van der Waals surface area contributed by atoms with Crippen molar-refractivity contribution in [3.8, 4) is 0 Å². The number of hydrogen-bond donors (Lipinski definition) is 1. The predicted molar refractivity (Wildman–Crippen MR) is 93.4 cm³/mol. The van der Waals surface area contributed by atoms with Crippen LogP contribution in [0.15, 0.2) is 24.4 Å². The number of aldehydes is 1. The Labute approximate surface area is 149 Å². The summed E-state index contributed by atoms with van der Waals surface area (Å²) < 4.78 is 14.7. The van der Waals surface area contributed by atoms with Crippen molar-refractivity contribution >= 4 is 29.6 Å². The van der Waals surface area contributed by atoms with E-state index in [1.54, 1.807) is 0 Å². The fourth-order valence-corrected chi connectivity index (χ4v) is 2.91. The Bertz CT molecular complexity index is 877. The van der Waals surface area contributed by atoms with E-state index < -0.39 is 11.7 Å². The Morgan fingerprint density at radius 1 is 1.36 bits per heavy atom. The highest BCUT2D eigenvalue weighted by Gasteiger charge is 2.32. The monoisotopic (exact) mass is 361 g/mol. The second-order valence-corrected chi connectivity index (χ2v) is 7.27. The van der Waals surface area contributed by atoms with Gasteiger partial charge in [0.2, 0.25) is 0 Å². The number of rotatable bonds is 2. The molecule has 3 rings (SSSR count). The average molecular weight is 362 g/mol. The molecule has 1 aliphatic heterocycles. The number of pyridine rings is 1. The zero-order valence-electron chi connectivity index (χ0n) is 14.1. The van der Waals surface area contributed by atoms with Gasteiger partial charge in [0.15, 0.2) is 12.1 Å². The van der Waals surface area contributed by atoms with Gasteiger partial charge in [-0.25, -0.2) is 19.8 Å². The molecule has 2 heterocycles. The molecule has 1 aromatic heterocycles. The number of anilines is 1. The van der Waals surface area contributed by atoms with Crippen molar-refractivity contribution in [1.29, 1.82) is 0 Å². The summed E-state index contributed by atoms with van der Waals surface area (Å²) in [5, 5.41) is 1.24. The molecule has 7 heteroatoms. The van der Waals surface area contributed by atoms with Crippen LogP contribution in [0.4, 0.5) is 10.2 Å². The van der Waals surface area contributed by atoms with Gasteiger partial charge in [0.1, 0.15) is 5.82 Å². The Morgan fingerprint density at radius 3 is 2.72 bits per heavy atom. The molecule has 0 atom stereocenters. The van der Waals surface area contributed by atoms with Crippen molar-refractivity contribution in [2.45, 2.75) is 32.7 Å². The van der Waals surface area contributed by atoms with Gasteiger partial charge in [-0.1, -0.05) is 38.4 Å². The van der Waals surface area contributed by atoms with Gasteiger partial charge in [0.25, 0.3) is 5.91 Å². The number of amides is 1. The molecule has 0 aliphatic carbocycles. The van der Waals surface area contributed by atoms with Gasteiger partial charge in [-0.3, -0.25) is 9.59 Å². The Kier molecular flexibility index (Phi) is 4.34. The van der Waals surface area contributed by atoms with E-state index >= 15 is 0 Å². The van der Waals surface area contributed by atoms with Crippen molar-refractivity contribution in [3.63, 3.8) is 0 Å². The molecule has 0 saturated heterocycles. The number of nitrogens with zero attached hydrogens (tertiary/aromatic N) is 2.